The van der Waals surface area contributed by atoms with Crippen LogP contribution >= 0.6 is 0 Å². The van der Waals surface area contributed by atoms with E-state index in [0.29, 0.717) is 38.4 Å². The Morgan fingerprint density at radius 3 is 2.54 bits per heavy atom. The molecule has 1 heterocycles. The van der Waals surface area contributed by atoms with Crippen LogP contribution in [0.1, 0.15) is 19.8 Å². The maximum Gasteiger partial charge on any atom is 0.321 e. The molecule has 1 aliphatic rings. The van der Waals surface area contributed by atoms with Gasteiger partial charge in [0.2, 0.25) is 5.91 Å². The summed E-state index contributed by atoms with van der Waals surface area (Å²) in [5.74, 6) is -0.546. The molecule has 2 rings (SSSR count). The lowest BCUT2D eigenvalue weighted by Gasteiger charge is -2.35. The molecule has 1 aromatic carbocycles. The fourth-order valence-electron chi connectivity index (χ4n) is 2.65. The summed E-state index contributed by atoms with van der Waals surface area (Å²) in [5.41, 5.74) is 0.594. The fraction of sp³-hybridized carbons (Fsp3) is 0.529. The van der Waals surface area contributed by atoms with Crippen molar-refractivity contribution in [2.24, 2.45) is 0 Å². The molecule has 7 heteroatoms. The molecule has 1 fully saturated rings. The van der Waals surface area contributed by atoms with E-state index in [0.717, 1.165) is 12.8 Å². The smallest absolute Gasteiger partial charge is 0.321 e. The minimum atomic E-state index is -0.446. The fourth-order valence-corrected chi connectivity index (χ4v) is 2.65. The second-order valence-electron chi connectivity index (χ2n) is 5.87. The van der Waals surface area contributed by atoms with Crippen molar-refractivity contribution < 1.29 is 14.0 Å². The molecule has 0 radical (unpaired) electrons. The zero-order valence-electron chi connectivity index (χ0n) is 14.1. The van der Waals surface area contributed by atoms with E-state index in [1.165, 1.54) is 6.07 Å². The van der Waals surface area contributed by atoms with Crippen LogP contribution in [-0.4, -0.2) is 56.1 Å². The van der Waals surface area contributed by atoms with Gasteiger partial charge in [-0.3, -0.25) is 15.0 Å². The molecule has 0 unspecified atom stereocenters. The highest BCUT2D eigenvalue weighted by molar-refractivity contribution is 5.95. The molecule has 6 nitrogen and oxygen atoms in total. The lowest BCUT2D eigenvalue weighted by atomic mass is 10.2. The van der Waals surface area contributed by atoms with Crippen LogP contribution < -0.4 is 15.5 Å². The van der Waals surface area contributed by atoms with E-state index < -0.39 is 6.03 Å². The second-order valence-corrected chi connectivity index (χ2v) is 5.87. The Labute approximate surface area is 142 Å². The largest absolute Gasteiger partial charge is 0.367 e. The van der Waals surface area contributed by atoms with E-state index in [1.54, 1.807) is 12.1 Å². The predicted octanol–water partition coefficient (Wildman–Crippen LogP) is 1.57. The number of nitrogens with one attached hydrogen (secondary N) is 2. The molecule has 0 atom stereocenters. The van der Waals surface area contributed by atoms with Gasteiger partial charge in [-0.15, -0.1) is 0 Å². The third kappa shape index (κ3) is 5.49. The molecule has 0 spiro atoms. The van der Waals surface area contributed by atoms with E-state index in [9.17, 15) is 14.0 Å². The lowest BCUT2D eigenvalue weighted by molar-refractivity contribution is -0.121. The molecule has 0 bridgehead atoms. The quantitative estimate of drug-likeness (QED) is 0.774. The van der Waals surface area contributed by atoms with Gasteiger partial charge in [0.25, 0.3) is 0 Å². The van der Waals surface area contributed by atoms with Crippen LogP contribution in [0.3, 0.4) is 0 Å². The van der Waals surface area contributed by atoms with Crippen molar-refractivity contribution >= 4 is 17.6 Å². The lowest BCUT2D eigenvalue weighted by Crippen LogP contribution is -2.51. The zero-order chi connectivity index (χ0) is 17.4. The summed E-state index contributed by atoms with van der Waals surface area (Å²) < 4.78 is 13.8. The first-order valence-electron chi connectivity index (χ1n) is 8.39. The number of para-hydroxylation sites is 1. The molecule has 0 aliphatic carbocycles. The van der Waals surface area contributed by atoms with Crippen molar-refractivity contribution in [3.05, 3.63) is 30.1 Å². The highest BCUT2D eigenvalue weighted by Crippen LogP contribution is 2.19. The molecular formula is C17H25FN4O2. The van der Waals surface area contributed by atoms with E-state index in [1.807, 2.05) is 22.8 Å². The van der Waals surface area contributed by atoms with Gasteiger partial charge in [0.15, 0.2) is 0 Å². The van der Waals surface area contributed by atoms with Crippen molar-refractivity contribution in [2.45, 2.75) is 19.8 Å². The standard InChI is InChI=1S/C17H25FN4O2/c1-2-3-8-19-17(24)20-16(23)13-21-9-11-22(12-10-21)15-7-5-4-6-14(15)18/h4-7H,2-3,8-13H2,1H3,(H2,19,20,23,24). The van der Waals surface area contributed by atoms with Crippen LogP contribution in [0, 0.1) is 5.82 Å². The summed E-state index contributed by atoms with van der Waals surface area (Å²) in [5, 5.41) is 4.98. The summed E-state index contributed by atoms with van der Waals surface area (Å²) in [6.07, 6.45) is 1.88. The van der Waals surface area contributed by atoms with Gasteiger partial charge in [0, 0.05) is 32.7 Å². The Balaban J connectivity index is 1.72. The third-order valence-electron chi connectivity index (χ3n) is 4.00. The SMILES string of the molecule is CCCCNC(=O)NC(=O)CN1CCN(c2ccccc2F)CC1. The number of hydrogen-bond acceptors (Lipinski definition) is 4. The number of hydrogen-bond donors (Lipinski definition) is 2. The number of nitrogens with zero attached hydrogens (tertiary/aromatic N) is 2. The van der Waals surface area contributed by atoms with Gasteiger partial charge in [0.05, 0.1) is 12.2 Å². The van der Waals surface area contributed by atoms with E-state index >= 15 is 0 Å². The number of carbonyl (C=O) groups is 2. The van der Waals surface area contributed by atoms with Gasteiger partial charge in [-0.05, 0) is 18.6 Å². The van der Waals surface area contributed by atoms with Gasteiger partial charge in [-0.2, -0.15) is 0 Å². The number of urea groups is 1. The van der Waals surface area contributed by atoms with E-state index in [4.69, 9.17) is 0 Å². The molecular weight excluding hydrogens is 311 g/mol. The maximum atomic E-state index is 13.8. The van der Waals surface area contributed by atoms with Crippen molar-refractivity contribution in [2.75, 3.05) is 44.2 Å². The van der Waals surface area contributed by atoms with Crippen molar-refractivity contribution in [3.63, 3.8) is 0 Å². The summed E-state index contributed by atoms with van der Waals surface area (Å²) in [7, 11) is 0. The van der Waals surface area contributed by atoms with Crippen LogP contribution in [0.2, 0.25) is 0 Å². The molecule has 2 N–H and O–H groups in total. The van der Waals surface area contributed by atoms with Crippen LogP contribution in [-0.2, 0) is 4.79 Å². The van der Waals surface area contributed by atoms with Crippen LogP contribution in [0.25, 0.3) is 0 Å². The molecule has 1 aromatic rings. The molecule has 3 amide bonds. The minimum absolute atomic E-state index is 0.173. The summed E-state index contributed by atoms with van der Waals surface area (Å²) in [4.78, 5) is 27.3. The highest BCUT2D eigenvalue weighted by atomic mass is 19.1. The molecule has 1 saturated heterocycles. The monoisotopic (exact) mass is 336 g/mol. The van der Waals surface area contributed by atoms with Crippen LogP contribution in [0.4, 0.5) is 14.9 Å². The normalized spacial score (nSPS) is 15.2. The topological polar surface area (TPSA) is 64.7 Å². The highest BCUT2D eigenvalue weighted by Gasteiger charge is 2.21. The second kappa shape index (κ2) is 9.22. The summed E-state index contributed by atoms with van der Waals surface area (Å²) >= 11 is 0. The number of imide groups is 1. The number of benzene rings is 1. The average Bonchev–Trinajstić information content (AvgIpc) is 2.56. The molecule has 132 valence electrons. The van der Waals surface area contributed by atoms with Crippen LogP contribution in [0.5, 0.6) is 0 Å². The Bertz CT molecular complexity index is 559. The zero-order valence-corrected chi connectivity index (χ0v) is 14.1. The number of rotatable bonds is 6. The van der Waals surface area contributed by atoms with E-state index in [-0.39, 0.29) is 18.3 Å². The molecule has 0 saturated carbocycles. The summed E-state index contributed by atoms with van der Waals surface area (Å²) in [6, 6.07) is 6.25. The van der Waals surface area contributed by atoms with Gasteiger partial charge in [-0.1, -0.05) is 25.5 Å². The molecule has 0 aromatic heterocycles. The Kier molecular flexibility index (Phi) is 6.99. The third-order valence-corrected chi connectivity index (χ3v) is 4.00. The Morgan fingerprint density at radius 1 is 1.17 bits per heavy atom. The number of amides is 3. The van der Waals surface area contributed by atoms with Crippen molar-refractivity contribution in [3.8, 4) is 0 Å². The first-order valence-corrected chi connectivity index (χ1v) is 8.39. The summed E-state index contributed by atoms with van der Waals surface area (Å²) in [6.45, 7) is 5.38. The number of unbranched alkanes of at least 4 members (excludes halogenated alkanes) is 1. The van der Waals surface area contributed by atoms with Crippen molar-refractivity contribution in [1.29, 1.82) is 0 Å². The Hall–Kier alpha value is -2.15. The van der Waals surface area contributed by atoms with Crippen LogP contribution in [0.15, 0.2) is 24.3 Å². The number of piperazine rings is 1. The molecule has 24 heavy (non-hydrogen) atoms. The predicted molar refractivity (Wildman–Crippen MR) is 91.5 cm³/mol. The van der Waals surface area contributed by atoms with Gasteiger partial charge in [0.1, 0.15) is 5.82 Å². The Morgan fingerprint density at radius 2 is 1.88 bits per heavy atom. The number of carbonyl (C=O) groups excluding carboxylic acids is 2. The van der Waals surface area contributed by atoms with Gasteiger partial charge >= 0.3 is 6.03 Å². The first-order chi connectivity index (χ1) is 11.6. The van der Waals surface area contributed by atoms with Gasteiger partial charge < -0.3 is 10.2 Å². The minimum Gasteiger partial charge on any atom is -0.367 e. The first kappa shape index (κ1) is 18.2. The maximum absolute atomic E-state index is 13.8. The average molecular weight is 336 g/mol. The van der Waals surface area contributed by atoms with Crippen molar-refractivity contribution in [1.82, 2.24) is 15.5 Å². The number of anilines is 1. The number of halogens is 1. The molecule has 1 aliphatic heterocycles. The van der Waals surface area contributed by atoms with Gasteiger partial charge in [-0.25, -0.2) is 9.18 Å². The van der Waals surface area contributed by atoms with E-state index in [2.05, 4.69) is 10.6 Å².